The van der Waals surface area contributed by atoms with E-state index in [1.807, 2.05) is 43.3 Å². The molecule has 1 N–H and O–H groups in total. The third-order valence-corrected chi connectivity index (χ3v) is 4.56. The number of hydrogen-bond acceptors (Lipinski definition) is 4. The number of nitrogens with zero attached hydrogens (tertiary/aromatic N) is 1. The van der Waals surface area contributed by atoms with Crippen LogP contribution in [0.25, 0.3) is 0 Å². The lowest BCUT2D eigenvalue weighted by Gasteiger charge is -2.29. The summed E-state index contributed by atoms with van der Waals surface area (Å²) in [6.07, 6.45) is 0. The lowest BCUT2D eigenvalue weighted by molar-refractivity contribution is -0.134. The van der Waals surface area contributed by atoms with Crippen LogP contribution in [-0.4, -0.2) is 44.2 Å². The maximum atomic E-state index is 12.7. The molecule has 27 heavy (non-hydrogen) atoms. The van der Waals surface area contributed by atoms with Crippen LogP contribution < -0.4 is 14.8 Å². The lowest BCUT2D eigenvalue weighted by Crippen LogP contribution is -2.48. The molecule has 5 nitrogen and oxygen atoms in total. The zero-order chi connectivity index (χ0) is 20.0. The van der Waals surface area contributed by atoms with Crippen LogP contribution in [0.1, 0.15) is 25.5 Å². The Balaban J connectivity index is 2.07. The number of carbonyl (C=O) groups excluding carboxylic acids is 1. The van der Waals surface area contributed by atoms with Gasteiger partial charge in [0.05, 0.1) is 13.2 Å². The monoisotopic (exact) mass is 390 g/mol. The van der Waals surface area contributed by atoms with Crippen molar-refractivity contribution in [3.05, 3.63) is 59.1 Å². The van der Waals surface area contributed by atoms with E-state index < -0.39 is 5.60 Å². The second kappa shape index (κ2) is 9.11. The van der Waals surface area contributed by atoms with E-state index in [4.69, 9.17) is 21.1 Å². The molecule has 0 spiro atoms. The van der Waals surface area contributed by atoms with Crippen LogP contribution in [-0.2, 0) is 4.79 Å². The second-order valence-corrected chi connectivity index (χ2v) is 7.43. The highest BCUT2D eigenvalue weighted by Crippen LogP contribution is 2.28. The van der Waals surface area contributed by atoms with Crippen LogP contribution in [0.15, 0.2) is 48.5 Å². The molecule has 2 rings (SSSR count). The van der Waals surface area contributed by atoms with E-state index in [2.05, 4.69) is 5.32 Å². The molecule has 146 valence electrons. The average molecular weight is 391 g/mol. The summed E-state index contributed by atoms with van der Waals surface area (Å²) in [5.74, 6) is 1.19. The third-order valence-electron chi connectivity index (χ3n) is 4.31. The number of ether oxygens (including phenoxy) is 2. The Labute approximate surface area is 166 Å². The van der Waals surface area contributed by atoms with Gasteiger partial charge in [0.25, 0.3) is 5.91 Å². The average Bonchev–Trinajstić information content (AvgIpc) is 2.63. The van der Waals surface area contributed by atoms with Gasteiger partial charge in [-0.2, -0.15) is 0 Å². The molecule has 0 bridgehead atoms. The Morgan fingerprint density at radius 1 is 1.15 bits per heavy atom. The fourth-order valence-corrected chi connectivity index (χ4v) is 2.88. The van der Waals surface area contributed by atoms with Crippen LogP contribution in [0.5, 0.6) is 11.5 Å². The van der Waals surface area contributed by atoms with Crippen molar-refractivity contribution < 1.29 is 14.3 Å². The van der Waals surface area contributed by atoms with Crippen molar-refractivity contribution in [1.82, 2.24) is 10.2 Å². The summed E-state index contributed by atoms with van der Waals surface area (Å²) in [6.45, 7) is 3.91. The molecule has 0 radical (unpaired) electrons. The smallest absolute Gasteiger partial charge is 0.263 e. The summed E-state index contributed by atoms with van der Waals surface area (Å²) in [7, 11) is 5.59. The third kappa shape index (κ3) is 5.62. The van der Waals surface area contributed by atoms with Gasteiger partial charge in [-0.05, 0) is 58.3 Å². The summed E-state index contributed by atoms with van der Waals surface area (Å²) in [5.41, 5.74) is -0.00687. The van der Waals surface area contributed by atoms with Gasteiger partial charge in [-0.25, -0.2) is 0 Å². The number of para-hydroxylation sites is 1. The van der Waals surface area contributed by atoms with Crippen LogP contribution in [0.3, 0.4) is 0 Å². The minimum atomic E-state index is -1.02. The SMILES string of the molecule is COc1ccccc1C(CNC(=O)C(C)(C)Oc1ccc(Cl)cc1)N(C)C. The number of carbonyl (C=O) groups is 1. The van der Waals surface area contributed by atoms with E-state index in [1.165, 1.54) is 0 Å². The lowest BCUT2D eigenvalue weighted by atomic mass is 10.0. The van der Waals surface area contributed by atoms with Crippen molar-refractivity contribution in [1.29, 1.82) is 0 Å². The first-order valence-corrected chi connectivity index (χ1v) is 9.14. The molecule has 0 aromatic heterocycles. The molecule has 0 aliphatic rings. The molecule has 1 atom stereocenters. The fourth-order valence-electron chi connectivity index (χ4n) is 2.76. The van der Waals surface area contributed by atoms with Crippen LogP contribution in [0, 0.1) is 0 Å². The predicted molar refractivity (Wildman–Crippen MR) is 109 cm³/mol. The molecule has 0 aliphatic carbocycles. The summed E-state index contributed by atoms with van der Waals surface area (Å²) >= 11 is 5.89. The first-order chi connectivity index (χ1) is 12.7. The van der Waals surface area contributed by atoms with E-state index >= 15 is 0 Å². The molecule has 0 fully saturated rings. The zero-order valence-corrected chi connectivity index (χ0v) is 17.2. The molecule has 0 saturated carbocycles. The van der Waals surface area contributed by atoms with Crippen LogP contribution >= 0.6 is 11.6 Å². The maximum Gasteiger partial charge on any atom is 0.263 e. The highest BCUT2D eigenvalue weighted by atomic mass is 35.5. The normalized spacial score (nSPS) is 12.6. The van der Waals surface area contributed by atoms with Crippen molar-refractivity contribution in [2.24, 2.45) is 0 Å². The standard InChI is InChI=1S/C21H27ClN2O3/c1-21(2,27-16-12-10-15(22)11-13-16)20(25)23-14-18(24(3)4)17-8-6-7-9-19(17)26-5/h6-13,18H,14H2,1-5H3,(H,23,25). The van der Waals surface area contributed by atoms with Crippen molar-refractivity contribution in [3.63, 3.8) is 0 Å². The number of methoxy groups -OCH3 is 1. The Morgan fingerprint density at radius 2 is 1.78 bits per heavy atom. The number of benzene rings is 2. The Kier molecular flexibility index (Phi) is 7.11. The Bertz CT molecular complexity index is 760. The molecule has 1 amide bonds. The van der Waals surface area contributed by atoms with Gasteiger partial charge in [-0.1, -0.05) is 29.8 Å². The molecule has 0 aliphatic heterocycles. The summed E-state index contributed by atoms with van der Waals surface area (Å²) in [6, 6.07) is 14.7. The molecule has 2 aromatic rings. The van der Waals surface area contributed by atoms with Crippen LogP contribution in [0.2, 0.25) is 5.02 Å². The number of rotatable bonds is 8. The number of hydrogen-bond donors (Lipinski definition) is 1. The minimum Gasteiger partial charge on any atom is -0.496 e. The number of likely N-dealkylation sites (N-methyl/N-ethyl adjacent to an activating group) is 1. The van der Waals surface area contributed by atoms with Gasteiger partial charge >= 0.3 is 0 Å². The summed E-state index contributed by atoms with van der Waals surface area (Å²) in [5, 5.41) is 3.62. The molecular formula is C21H27ClN2O3. The quantitative estimate of drug-likeness (QED) is 0.742. The molecule has 6 heteroatoms. The van der Waals surface area contributed by atoms with Gasteiger partial charge in [0, 0.05) is 17.1 Å². The van der Waals surface area contributed by atoms with E-state index in [0.29, 0.717) is 17.3 Å². The summed E-state index contributed by atoms with van der Waals surface area (Å²) in [4.78, 5) is 14.8. The zero-order valence-electron chi connectivity index (χ0n) is 16.5. The molecule has 2 aromatic carbocycles. The van der Waals surface area contributed by atoms with E-state index in [0.717, 1.165) is 11.3 Å². The van der Waals surface area contributed by atoms with E-state index in [9.17, 15) is 4.79 Å². The van der Waals surface area contributed by atoms with Gasteiger partial charge in [0.2, 0.25) is 0 Å². The molecule has 0 saturated heterocycles. The van der Waals surface area contributed by atoms with Crippen molar-refractivity contribution in [2.75, 3.05) is 27.7 Å². The van der Waals surface area contributed by atoms with Gasteiger partial charge in [0.1, 0.15) is 11.5 Å². The molecule has 0 heterocycles. The number of halogens is 1. The topological polar surface area (TPSA) is 50.8 Å². The van der Waals surface area contributed by atoms with Gasteiger partial charge < -0.3 is 19.7 Å². The van der Waals surface area contributed by atoms with Crippen molar-refractivity contribution in [3.8, 4) is 11.5 Å². The van der Waals surface area contributed by atoms with Gasteiger partial charge in [-0.15, -0.1) is 0 Å². The predicted octanol–water partition coefficient (Wildman–Crippen LogP) is 3.93. The number of amides is 1. The van der Waals surface area contributed by atoms with Gasteiger partial charge in [-0.3, -0.25) is 4.79 Å². The first kappa shape index (κ1) is 21.1. The minimum absolute atomic E-state index is 0.0311. The first-order valence-electron chi connectivity index (χ1n) is 8.77. The fraction of sp³-hybridized carbons (Fsp3) is 0.381. The largest absolute Gasteiger partial charge is 0.496 e. The highest BCUT2D eigenvalue weighted by Gasteiger charge is 2.31. The number of nitrogens with one attached hydrogen (secondary N) is 1. The Hall–Kier alpha value is -2.24. The van der Waals surface area contributed by atoms with Crippen LogP contribution in [0.4, 0.5) is 0 Å². The van der Waals surface area contributed by atoms with E-state index in [-0.39, 0.29) is 11.9 Å². The summed E-state index contributed by atoms with van der Waals surface area (Å²) < 4.78 is 11.3. The van der Waals surface area contributed by atoms with Gasteiger partial charge in [0.15, 0.2) is 5.60 Å². The second-order valence-electron chi connectivity index (χ2n) is 7.00. The Morgan fingerprint density at radius 3 is 2.37 bits per heavy atom. The molecule has 1 unspecified atom stereocenters. The molecular weight excluding hydrogens is 364 g/mol. The van der Waals surface area contributed by atoms with Crippen molar-refractivity contribution >= 4 is 17.5 Å². The van der Waals surface area contributed by atoms with Crippen molar-refractivity contribution in [2.45, 2.75) is 25.5 Å². The highest BCUT2D eigenvalue weighted by molar-refractivity contribution is 6.30. The maximum absolute atomic E-state index is 12.7. The van der Waals surface area contributed by atoms with E-state index in [1.54, 1.807) is 45.2 Å².